The molecule has 1 aromatic carbocycles. The van der Waals surface area contributed by atoms with Crippen molar-refractivity contribution in [3.8, 4) is 11.1 Å². The quantitative estimate of drug-likeness (QED) is 0.543. The lowest BCUT2D eigenvalue weighted by Gasteiger charge is -2.26. The van der Waals surface area contributed by atoms with E-state index in [0.717, 1.165) is 12.0 Å². The summed E-state index contributed by atoms with van der Waals surface area (Å²) >= 11 is 0. The lowest BCUT2D eigenvalue weighted by Crippen LogP contribution is -2.40. The average Bonchev–Trinajstić information content (AvgIpc) is 3.00. The van der Waals surface area contributed by atoms with Crippen molar-refractivity contribution in [1.29, 1.82) is 0 Å². The molecule has 1 fully saturated rings. The zero-order valence-corrected chi connectivity index (χ0v) is 15.5. The Morgan fingerprint density at radius 1 is 1.15 bits per heavy atom. The van der Waals surface area contributed by atoms with Gasteiger partial charge in [-0.15, -0.1) is 6.58 Å². The van der Waals surface area contributed by atoms with Crippen LogP contribution in [0.1, 0.15) is 23.1 Å². The first-order valence-corrected chi connectivity index (χ1v) is 9.02. The van der Waals surface area contributed by atoms with Gasteiger partial charge in [0.1, 0.15) is 6.04 Å². The number of nitrogens with zero attached hydrogens (tertiary/aromatic N) is 1. The molecular formula is C22H26N2O2. The molecule has 1 N–H and O–H groups in total. The number of fused-ring (bicyclic) bond motifs is 1. The lowest BCUT2D eigenvalue weighted by molar-refractivity contribution is -0.186. The van der Waals surface area contributed by atoms with Gasteiger partial charge in [-0.2, -0.15) is 5.06 Å². The molecule has 0 aromatic heterocycles. The van der Waals surface area contributed by atoms with Crippen molar-refractivity contribution in [2.45, 2.75) is 32.9 Å². The fraction of sp³-hybridized carbons (Fsp3) is 0.318. The fourth-order valence-corrected chi connectivity index (χ4v) is 3.25. The third-order valence-electron chi connectivity index (χ3n) is 4.56. The van der Waals surface area contributed by atoms with Crippen LogP contribution in [0.25, 0.3) is 11.1 Å². The number of hydroxylamine groups is 2. The van der Waals surface area contributed by atoms with Crippen LogP contribution in [0.2, 0.25) is 0 Å². The van der Waals surface area contributed by atoms with Gasteiger partial charge in [0.25, 0.3) is 0 Å². The second-order valence-corrected chi connectivity index (χ2v) is 6.83. The average molecular weight is 350 g/mol. The lowest BCUT2D eigenvalue weighted by atomic mass is 9.95. The summed E-state index contributed by atoms with van der Waals surface area (Å²) in [6.45, 7) is 9.55. The van der Waals surface area contributed by atoms with Crippen LogP contribution in [0, 0.1) is 13.8 Å². The van der Waals surface area contributed by atoms with Crippen LogP contribution in [0.3, 0.4) is 0 Å². The first-order chi connectivity index (χ1) is 12.6. The Morgan fingerprint density at radius 2 is 1.77 bits per heavy atom. The van der Waals surface area contributed by atoms with Gasteiger partial charge in [-0.25, -0.2) is 0 Å². The van der Waals surface area contributed by atoms with Crippen molar-refractivity contribution in [2.24, 2.45) is 0 Å². The normalized spacial score (nSPS) is 16.7. The van der Waals surface area contributed by atoms with Crippen LogP contribution in [0.4, 0.5) is 0 Å². The molecule has 4 heteroatoms. The number of benzene rings is 2. The van der Waals surface area contributed by atoms with Gasteiger partial charge in [-0.3, -0.25) is 9.63 Å². The summed E-state index contributed by atoms with van der Waals surface area (Å²) in [6.07, 6.45) is 2.47. The topological polar surface area (TPSA) is 41.6 Å². The van der Waals surface area contributed by atoms with Crippen molar-refractivity contribution in [3.05, 3.63) is 71.8 Å². The van der Waals surface area contributed by atoms with E-state index in [2.05, 4.69) is 68.2 Å². The van der Waals surface area contributed by atoms with E-state index in [1.807, 2.05) is 0 Å². The number of hydrogen-bond donors (Lipinski definition) is 1. The molecule has 1 aromatic rings. The molecule has 4 rings (SSSR count). The van der Waals surface area contributed by atoms with Crippen LogP contribution in [-0.4, -0.2) is 30.2 Å². The van der Waals surface area contributed by atoms with Crippen molar-refractivity contribution in [3.63, 3.8) is 0 Å². The number of hydrogen-bond acceptors (Lipinski definition) is 3. The van der Waals surface area contributed by atoms with E-state index in [4.69, 9.17) is 4.84 Å². The molecule has 1 amide bonds. The zero-order valence-electron chi connectivity index (χ0n) is 15.5. The monoisotopic (exact) mass is 350 g/mol. The molecule has 0 bridgehead atoms. The summed E-state index contributed by atoms with van der Waals surface area (Å²) in [7, 11) is 0. The summed E-state index contributed by atoms with van der Waals surface area (Å²) in [4.78, 5) is 17.5. The van der Waals surface area contributed by atoms with Crippen LogP contribution in [-0.2, 0) is 16.2 Å². The van der Waals surface area contributed by atoms with Crippen LogP contribution in [0.15, 0.2) is 55.1 Å². The van der Waals surface area contributed by atoms with Gasteiger partial charge in [0, 0.05) is 6.54 Å². The number of carbonyl (C=O) groups excluding carboxylic acids is 1. The highest BCUT2D eigenvalue weighted by atomic mass is 16.7. The predicted octanol–water partition coefficient (Wildman–Crippen LogP) is 3.78. The van der Waals surface area contributed by atoms with Gasteiger partial charge in [-0.05, 0) is 37.0 Å². The third kappa shape index (κ3) is 4.40. The SMILES string of the molecule is C=CCON(Cc1cc(C)cc(C)c1)C1CCNC1=O.c1cc2ccc1-2. The minimum Gasteiger partial charge on any atom is -0.355 e. The van der Waals surface area contributed by atoms with E-state index in [9.17, 15) is 4.79 Å². The smallest absolute Gasteiger partial charge is 0.239 e. The summed E-state index contributed by atoms with van der Waals surface area (Å²) < 4.78 is 0. The summed E-state index contributed by atoms with van der Waals surface area (Å²) in [5.41, 5.74) is 6.45. The molecule has 1 atom stereocenters. The Kier molecular flexibility index (Phi) is 5.86. The Labute approximate surface area is 155 Å². The molecule has 0 saturated carbocycles. The number of nitrogens with one attached hydrogen (secondary N) is 1. The van der Waals surface area contributed by atoms with Gasteiger partial charge >= 0.3 is 0 Å². The van der Waals surface area contributed by atoms with Gasteiger partial charge < -0.3 is 5.32 Å². The molecule has 1 aliphatic heterocycles. The van der Waals surface area contributed by atoms with E-state index < -0.39 is 0 Å². The largest absolute Gasteiger partial charge is 0.355 e. The third-order valence-corrected chi connectivity index (χ3v) is 4.56. The molecule has 1 unspecified atom stereocenters. The van der Waals surface area contributed by atoms with E-state index in [0.29, 0.717) is 19.7 Å². The Hall–Kier alpha value is -2.43. The number of carbonyl (C=O) groups is 1. The maximum Gasteiger partial charge on any atom is 0.239 e. The fourth-order valence-electron chi connectivity index (χ4n) is 3.25. The van der Waals surface area contributed by atoms with E-state index in [1.54, 1.807) is 11.1 Å². The van der Waals surface area contributed by atoms with Crippen molar-refractivity contribution < 1.29 is 9.63 Å². The highest BCUT2D eigenvalue weighted by molar-refractivity contribution is 5.83. The second-order valence-electron chi connectivity index (χ2n) is 6.83. The van der Waals surface area contributed by atoms with E-state index in [1.165, 1.54) is 22.3 Å². The molecule has 136 valence electrons. The van der Waals surface area contributed by atoms with E-state index >= 15 is 0 Å². The van der Waals surface area contributed by atoms with Crippen LogP contribution < -0.4 is 5.32 Å². The van der Waals surface area contributed by atoms with Crippen LogP contribution >= 0.6 is 0 Å². The number of rotatable bonds is 6. The molecule has 26 heavy (non-hydrogen) atoms. The molecule has 0 spiro atoms. The maximum absolute atomic E-state index is 11.8. The van der Waals surface area contributed by atoms with Gasteiger partial charge in [0.15, 0.2) is 0 Å². The van der Waals surface area contributed by atoms with Gasteiger partial charge in [0.2, 0.25) is 5.91 Å². The highest BCUT2D eigenvalue weighted by Crippen LogP contribution is 2.29. The first kappa shape index (κ1) is 18.4. The van der Waals surface area contributed by atoms with Crippen molar-refractivity contribution in [2.75, 3.05) is 13.2 Å². The molecule has 3 aliphatic rings. The Balaban J connectivity index is 0.000000269. The minimum absolute atomic E-state index is 0.0402. The zero-order chi connectivity index (χ0) is 18.5. The minimum atomic E-state index is -0.212. The van der Waals surface area contributed by atoms with Crippen molar-refractivity contribution >= 4 is 5.91 Å². The first-order valence-electron chi connectivity index (χ1n) is 9.02. The summed E-state index contributed by atoms with van der Waals surface area (Å²) in [5, 5.41) is 4.62. The molecular weight excluding hydrogens is 324 g/mol. The summed E-state index contributed by atoms with van der Waals surface area (Å²) in [5.74, 6) is 0.0402. The highest BCUT2D eigenvalue weighted by Gasteiger charge is 2.31. The van der Waals surface area contributed by atoms with Gasteiger partial charge in [0.05, 0.1) is 13.2 Å². The van der Waals surface area contributed by atoms with E-state index in [-0.39, 0.29) is 11.9 Å². The molecule has 0 radical (unpaired) electrons. The molecule has 4 nitrogen and oxygen atoms in total. The summed E-state index contributed by atoms with van der Waals surface area (Å²) in [6, 6.07) is 14.7. The Morgan fingerprint density at radius 3 is 2.19 bits per heavy atom. The van der Waals surface area contributed by atoms with Crippen molar-refractivity contribution in [1.82, 2.24) is 10.4 Å². The number of aryl methyl sites for hydroxylation is 2. The molecule has 1 saturated heterocycles. The standard InChI is InChI=1S/C16H22N2O2.C6H4/c1-4-7-20-18(15-5-6-17-16(15)19)11-14-9-12(2)8-13(3)10-14;1-2-6-4-3-5(1)6/h4,8-10,15H,1,5-7,11H2,2-3H3,(H,17,19);1-4H. The molecule has 2 aliphatic carbocycles. The predicted molar refractivity (Wildman–Crippen MR) is 104 cm³/mol. The maximum atomic E-state index is 11.8. The number of amides is 1. The van der Waals surface area contributed by atoms with Crippen LogP contribution in [0.5, 0.6) is 0 Å². The van der Waals surface area contributed by atoms with Gasteiger partial charge in [-0.1, -0.05) is 59.7 Å². The second kappa shape index (κ2) is 8.30. The molecule has 1 heterocycles. The Bertz CT molecular complexity index is 742.